The number of benzene rings is 3. The molecule has 0 saturated carbocycles. The molecular weight excluding hydrogens is 487 g/mol. The number of nitrogens with one attached hydrogen (secondary N) is 1. The van der Waals surface area contributed by atoms with Crippen molar-refractivity contribution in [2.24, 2.45) is 0 Å². The van der Waals surface area contributed by atoms with Gasteiger partial charge in [-0.2, -0.15) is 0 Å². The van der Waals surface area contributed by atoms with Gasteiger partial charge in [0, 0.05) is 0 Å². The number of fused-ring (bicyclic) bond motifs is 1. The molecule has 0 aliphatic rings. The van der Waals surface area contributed by atoms with E-state index < -0.39 is 10.0 Å². The Bertz CT molecular complexity index is 1490. The average Bonchev–Trinajstić information content (AvgIpc) is 3.19. The van der Waals surface area contributed by atoms with E-state index in [1.807, 2.05) is 41.0 Å². The van der Waals surface area contributed by atoms with Gasteiger partial charge in [0.2, 0.25) is 0 Å². The molecule has 0 radical (unpaired) electrons. The Morgan fingerprint density at radius 1 is 0.781 bits per heavy atom. The third kappa shape index (κ3) is 4.03. The molecule has 0 fully saturated rings. The van der Waals surface area contributed by atoms with Crippen LogP contribution in [0.3, 0.4) is 0 Å². The van der Waals surface area contributed by atoms with Crippen LogP contribution >= 0.6 is 0 Å². The second-order valence-corrected chi connectivity index (χ2v) is 10.9. The van der Waals surface area contributed by atoms with E-state index in [1.54, 1.807) is 54.9 Å². The summed E-state index contributed by atoms with van der Waals surface area (Å²) in [5, 5.41) is 1.08. The van der Waals surface area contributed by atoms with Crippen molar-refractivity contribution >= 4 is 50.6 Å². The van der Waals surface area contributed by atoms with Crippen molar-refractivity contribution in [3.63, 3.8) is 0 Å². The number of para-hydroxylation sites is 2. The summed E-state index contributed by atoms with van der Waals surface area (Å²) in [5.74, 6) is 0.591. The number of rotatable bonds is 6. The Morgan fingerprint density at radius 3 is 2.28 bits per heavy atom. The van der Waals surface area contributed by atoms with Crippen molar-refractivity contribution in [2.45, 2.75) is 4.90 Å². The topological polar surface area (TPSA) is 76.9 Å². The van der Waals surface area contributed by atoms with Gasteiger partial charge in [0.25, 0.3) is 0 Å². The van der Waals surface area contributed by atoms with Crippen molar-refractivity contribution in [3.05, 3.63) is 103 Å². The number of anilines is 1. The van der Waals surface area contributed by atoms with E-state index in [9.17, 15) is 8.42 Å². The number of hydrogen-bond acceptors (Lipinski definition) is 4. The van der Waals surface area contributed by atoms with Crippen LogP contribution < -0.4 is 13.8 Å². The minimum atomic E-state index is -3.69. The molecule has 0 spiro atoms. The molecule has 0 aliphatic heterocycles. The van der Waals surface area contributed by atoms with Crippen LogP contribution in [0, 0.1) is 0 Å². The maximum absolute atomic E-state index is 12.9. The molecule has 2 heterocycles. The summed E-state index contributed by atoms with van der Waals surface area (Å²) in [6.45, 7) is 0. The number of nitrogens with zero attached hydrogens (tertiary/aromatic N) is 3. The van der Waals surface area contributed by atoms with Crippen molar-refractivity contribution < 1.29 is 8.42 Å². The SMILES string of the molecule is O=S(=O)(Nc1ccccc1[Se]c1cc2ccccc2n1-c1ncccn1)c1ccccc1. The number of sulfonamides is 1. The van der Waals surface area contributed by atoms with E-state index in [4.69, 9.17) is 0 Å². The normalized spacial score (nSPS) is 11.5. The summed E-state index contributed by atoms with van der Waals surface area (Å²) >= 11 is -0.214. The van der Waals surface area contributed by atoms with E-state index in [2.05, 4.69) is 26.8 Å². The van der Waals surface area contributed by atoms with Gasteiger partial charge in [-0.15, -0.1) is 0 Å². The zero-order chi connectivity index (χ0) is 22.0. The molecule has 158 valence electrons. The van der Waals surface area contributed by atoms with Crippen molar-refractivity contribution in [3.8, 4) is 5.95 Å². The fourth-order valence-electron chi connectivity index (χ4n) is 3.37. The van der Waals surface area contributed by atoms with Gasteiger partial charge in [0.15, 0.2) is 0 Å². The summed E-state index contributed by atoms with van der Waals surface area (Å²) in [7, 11) is -3.69. The molecule has 8 heteroatoms. The Kier molecular flexibility index (Phi) is 5.49. The Labute approximate surface area is 192 Å². The van der Waals surface area contributed by atoms with Gasteiger partial charge in [-0.05, 0) is 0 Å². The number of aromatic nitrogens is 3. The summed E-state index contributed by atoms with van der Waals surface area (Å²) < 4.78 is 32.6. The summed E-state index contributed by atoms with van der Waals surface area (Å²) in [6, 6.07) is 27.9. The maximum atomic E-state index is 12.9. The molecule has 0 amide bonds. The predicted molar refractivity (Wildman–Crippen MR) is 128 cm³/mol. The molecule has 3 aromatic carbocycles. The summed E-state index contributed by atoms with van der Waals surface area (Å²) in [6.07, 6.45) is 3.44. The van der Waals surface area contributed by atoms with Gasteiger partial charge < -0.3 is 0 Å². The van der Waals surface area contributed by atoms with Gasteiger partial charge in [0.1, 0.15) is 0 Å². The molecule has 32 heavy (non-hydrogen) atoms. The van der Waals surface area contributed by atoms with Crippen LogP contribution in [-0.4, -0.2) is 37.9 Å². The molecule has 1 N–H and O–H groups in total. The third-order valence-corrected chi connectivity index (χ3v) is 8.49. The minimum absolute atomic E-state index is 0.214. The van der Waals surface area contributed by atoms with Crippen LogP contribution in [-0.2, 0) is 10.0 Å². The zero-order valence-electron chi connectivity index (χ0n) is 16.8. The molecule has 0 saturated heterocycles. The first-order chi connectivity index (χ1) is 15.6. The average molecular weight is 505 g/mol. The van der Waals surface area contributed by atoms with Gasteiger partial charge in [-0.3, -0.25) is 0 Å². The molecular formula is C24H18N4O2SSe. The van der Waals surface area contributed by atoms with Gasteiger partial charge >= 0.3 is 193 Å². The molecule has 0 bridgehead atoms. The van der Waals surface area contributed by atoms with Crippen LogP contribution in [0.4, 0.5) is 5.69 Å². The quantitative estimate of drug-likeness (QED) is 0.360. The van der Waals surface area contributed by atoms with Crippen molar-refractivity contribution in [1.29, 1.82) is 0 Å². The van der Waals surface area contributed by atoms with Crippen LogP contribution in [0.25, 0.3) is 16.9 Å². The fraction of sp³-hybridized carbons (Fsp3) is 0. The van der Waals surface area contributed by atoms with Crippen molar-refractivity contribution in [1.82, 2.24) is 14.5 Å². The molecule has 5 rings (SSSR count). The molecule has 6 nitrogen and oxygen atoms in total. The Hall–Kier alpha value is -3.45. The van der Waals surface area contributed by atoms with E-state index in [1.165, 1.54) is 0 Å². The van der Waals surface area contributed by atoms with E-state index >= 15 is 0 Å². The van der Waals surface area contributed by atoms with Crippen LogP contribution in [0.5, 0.6) is 0 Å². The monoisotopic (exact) mass is 506 g/mol. The summed E-state index contributed by atoms with van der Waals surface area (Å²) in [4.78, 5) is 9.12. The first kappa shape index (κ1) is 20.5. The Balaban J connectivity index is 1.57. The second kappa shape index (κ2) is 8.59. The first-order valence-corrected chi connectivity index (χ1v) is 13.0. The van der Waals surface area contributed by atoms with Gasteiger partial charge in [-0.25, -0.2) is 0 Å². The summed E-state index contributed by atoms with van der Waals surface area (Å²) in [5.41, 5.74) is 1.58. The second-order valence-electron chi connectivity index (χ2n) is 6.94. The van der Waals surface area contributed by atoms with Crippen molar-refractivity contribution in [2.75, 3.05) is 4.72 Å². The number of hydrogen-bond donors (Lipinski definition) is 1. The molecule has 2 aromatic heterocycles. The third-order valence-electron chi connectivity index (χ3n) is 4.83. The zero-order valence-corrected chi connectivity index (χ0v) is 19.3. The fourth-order valence-corrected chi connectivity index (χ4v) is 6.84. The molecule has 0 aliphatic carbocycles. The molecule has 0 atom stereocenters. The van der Waals surface area contributed by atoms with Gasteiger partial charge in [-0.1, -0.05) is 0 Å². The Morgan fingerprint density at radius 2 is 1.47 bits per heavy atom. The van der Waals surface area contributed by atoms with E-state index in [-0.39, 0.29) is 19.9 Å². The van der Waals surface area contributed by atoms with Crippen LogP contribution in [0.15, 0.2) is 108 Å². The van der Waals surface area contributed by atoms with E-state index in [0.717, 1.165) is 20.0 Å². The standard InChI is InChI=1S/C24H18N4O2SSe/c29-31(30,19-10-2-1-3-11-19)27-20-12-5-7-14-22(20)32-23-17-18-9-4-6-13-21(18)28(23)24-25-15-8-16-26-24/h1-17,27H. The molecule has 0 unspecified atom stereocenters. The van der Waals surface area contributed by atoms with Gasteiger partial charge in [0.05, 0.1) is 0 Å². The molecule has 5 aromatic rings. The van der Waals surface area contributed by atoms with Crippen LogP contribution in [0.2, 0.25) is 0 Å². The van der Waals surface area contributed by atoms with E-state index in [0.29, 0.717) is 11.6 Å². The first-order valence-electron chi connectivity index (χ1n) is 9.84. The van der Waals surface area contributed by atoms with Crippen LogP contribution in [0.1, 0.15) is 0 Å². The predicted octanol–water partition coefficient (Wildman–Crippen LogP) is 2.88.